The highest BCUT2D eigenvalue weighted by Crippen LogP contribution is 2.25. The first-order valence-electron chi connectivity index (χ1n) is 9.33. The van der Waals surface area contributed by atoms with E-state index in [4.69, 9.17) is 12.2 Å². The molecule has 0 spiro atoms. The predicted molar refractivity (Wildman–Crippen MR) is 112 cm³/mol. The molecule has 2 aliphatic heterocycles. The Hall–Kier alpha value is -1.80. The molecule has 2 fully saturated rings. The third-order valence-corrected chi connectivity index (χ3v) is 6.57. The number of hydrogen-bond donors (Lipinski definition) is 2. The van der Waals surface area contributed by atoms with Crippen molar-refractivity contribution in [3.05, 3.63) is 24.3 Å². The Balaban J connectivity index is 1.41. The van der Waals surface area contributed by atoms with Crippen molar-refractivity contribution >= 4 is 45.8 Å². The number of amides is 2. The summed E-state index contributed by atoms with van der Waals surface area (Å²) in [5, 5.41) is 12.5. The normalized spacial score (nSPS) is 17.8. The number of thiocarbonyl (C=S) groups is 1. The summed E-state index contributed by atoms with van der Waals surface area (Å²) < 4.78 is 0.817. The van der Waals surface area contributed by atoms with Crippen molar-refractivity contribution in [1.29, 1.82) is 0 Å². The number of hydrogen-bond acceptors (Lipinski definition) is 5. The summed E-state index contributed by atoms with van der Waals surface area (Å²) in [6, 6.07) is 6.69. The van der Waals surface area contributed by atoms with Gasteiger partial charge in [-0.15, -0.1) is 0 Å². The zero-order valence-corrected chi connectivity index (χ0v) is 16.9. The first kappa shape index (κ1) is 19.9. The molecule has 1 aromatic carbocycles. The van der Waals surface area contributed by atoms with E-state index < -0.39 is 0 Å². The van der Waals surface area contributed by atoms with Gasteiger partial charge >= 0.3 is 0 Å². The van der Waals surface area contributed by atoms with Gasteiger partial charge in [0.25, 0.3) is 0 Å². The molecule has 2 heterocycles. The molecule has 0 aromatic heterocycles. The van der Waals surface area contributed by atoms with Crippen molar-refractivity contribution in [2.45, 2.75) is 25.7 Å². The summed E-state index contributed by atoms with van der Waals surface area (Å²) >= 11 is 6.85. The summed E-state index contributed by atoms with van der Waals surface area (Å²) in [6.45, 7) is 3.15. The molecule has 0 saturated carbocycles. The topological polar surface area (TPSA) is 72.9 Å². The average Bonchev–Trinajstić information content (AvgIpc) is 3.22. The van der Waals surface area contributed by atoms with Crippen LogP contribution < -0.4 is 5.32 Å². The Bertz CT molecular complexity index is 699. The van der Waals surface area contributed by atoms with Crippen molar-refractivity contribution in [3.8, 4) is 5.75 Å². The first-order valence-corrected chi connectivity index (χ1v) is 10.7. The SMILES string of the molecule is O=C(Nc1ccccc1O)C1CCN(C(=O)CSC(=S)N2CCCC2)CC1. The second kappa shape index (κ2) is 9.41. The fraction of sp³-hybridized carbons (Fsp3) is 0.526. The van der Waals surface area contributed by atoms with Crippen molar-refractivity contribution < 1.29 is 14.7 Å². The van der Waals surface area contributed by atoms with Crippen LogP contribution in [-0.2, 0) is 9.59 Å². The Labute approximate surface area is 169 Å². The summed E-state index contributed by atoms with van der Waals surface area (Å²) in [5.41, 5.74) is 0.424. The van der Waals surface area contributed by atoms with E-state index >= 15 is 0 Å². The Morgan fingerprint density at radius 3 is 2.44 bits per heavy atom. The van der Waals surface area contributed by atoms with Gasteiger partial charge in [0.1, 0.15) is 10.1 Å². The first-order chi connectivity index (χ1) is 13.0. The predicted octanol–water partition coefficient (Wildman–Crippen LogP) is 2.68. The molecule has 27 heavy (non-hydrogen) atoms. The average molecular weight is 408 g/mol. The van der Waals surface area contributed by atoms with Crippen molar-refractivity contribution in [3.63, 3.8) is 0 Å². The molecule has 8 heteroatoms. The molecule has 3 rings (SSSR count). The van der Waals surface area contributed by atoms with Gasteiger partial charge in [-0.1, -0.05) is 36.1 Å². The molecule has 2 amide bonds. The number of phenols is 1. The summed E-state index contributed by atoms with van der Waals surface area (Å²) in [4.78, 5) is 28.8. The summed E-state index contributed by atoms with van der Waals surface area (Å²) in [6.07, 6.45) is 3.61. The maximum Gasteiger partial charge on any atom is 0.233 e. The minimum atomic E-state index is -0.146. The number of likely N-dealkylation sites (tertiary alicyclic amines) is 2. The quantitative estimate of drug-likeness (QED) is 0.591. The van der Waals surface area contributed by atoms with Gasteiger partial charge in [-0.2, -0.15) is 0 Å². The van der Waals surface area contributed by atoms with Crippen LogP contribution in [0.2, 0.25) is 0 Å². The zero-order chi connectivity index (χ0) is 19.2. The standard InChI is InChI=1S/C19H25N3O3S2/c23-16-6-2-1-5-15(16)20-18(25)14-7-11-21(12-8-14)17(24)13-27-19(26)22-9-3-4-10-22/h1-2,5-6,14,23H,3-4,7-13H2,(H,20,25). The number of carbonyl (C=O) groups excluding carboxylic acids is 2. The molecule has 2 aliphatic rings. The van der Waals surface area contributed by atoms with Crippen LogP contribution in [0.25, 0.3) is 0 Å². The number of nitrogens with one attached hydrogen (secondary N) is 1. The highest BCUT2D eigenvalue weighted by molar-refractivity contribution is 8.23. The van der Waals surface area contributed by atoms with Crippen LogP contribution in [0.15, 0.2) is 24.3 Å². The number of carbonyl (C=O) groups is 2. The van der Waals surface area contributed by atoms with Gasteiger partial charge in [-0.25, -0.2) is 0 Å². The fourth-order valence-electron chi connectivity index (χ4n) is 3.41. The Morgan fingerprint density at radius 2 is 1.78 bits per heavy atom. The summed E-state index contributed by atoms with van der Waals surface area (Å²) in [7, 11) is 0. The fourth-order valence-corrected chi connectivity index (χ4v) is 4.56. The smallest absolute Gasteiger partial charge is 0.233 e. The van der Waals surface area contributed by atoms with Crippen LogP contribution in [0.4, 0.5) is 5.69 Å². The van der Waals surface area contributed by atoms with Crippen LogP contribution in [0, 0.1) is 5.92 Å². The van der Waals surface area contributed by atoms with Gasteiger partial charge in [0.05, 0.1) is 11.4 Å². The number of benzene rings is 1. The second-order valence-electron chi connectivity index (χ2n) is 6.91. The third-order valence-electron chi connectivity index (χ3n) is 5.06. The highest BCUT2D eigenvalue weighted by Gasteiger charge is 2.28. The summed E-state index contributed by atoms with van der Waals surface area (Å²) in [5.74, 6) is 0.259. The molecule has 146 valence electrons. The molecular weight excluding hydrogens is 382 g/mol. The number of para-hydroxylation sites is 2. The van der Waals surface area contributed by atoms with E-state index in [9.17, 15) is 14.7 Å². The maximum atomic E-state index is 12.4. The zero-order valence-electron chi connectivity index (χ0n) is 15.2. The number of rotatable bonds is 4. The lowest BCUT2D eigenvalue weighted by Gasteiger charge is -2.31. The van der Waals surface area contributed by atoms with E-state index in [1.165, 1.54) is 24.6 Å². The highest BCUT2D eigenvalue weighted by atomic mass is 32.2. The van der Waals surface area contributed by atoms with E-state index in [2.05, 4.69) is 10.2 Å². The third kappa shape index (κ3) is 5.35. The molecule has 6 nitrogen and oxygen atoms in total. The van der Waals surface area contributed by atoms with Crippen molar-refractivity contribution in [2.24, 2.45) is 5.92 Å². The van der Waals surface area contributed by atoms with Gasteiger partial charge in [0.15, 0.2) is 0 Å². The maximum absolute atomic E-state index is 12.4. The van der Waals surface area contributed by atoms with Crippen LogP contribution in [-0.4, -0.2) is 63.0 Å². The number of piperidine rings is 1. The Morgan fingerprint density at radius 1 is 1.11 bits per heavy atom. The van der Waals surface area contributed by atoms with Crippen molar-refractivity contribution in [1.82, 2.24) is 9.80 Å². The van der Waals surface area contributed by atoms with E-state index in [0.29, 0.717) is 37.4 Å². The number of aromatic hydroxyl groups is 1. The van der Waals surface area contributed by atoms with Crippen LogP contribution >= 0.6 is 24.0 Å². The monoisotopic (exact) mass is 407 g/mol. The van der Waals surface area contributed by atoms with Crippen LogP contribution in [0.1, 0.15) is 25.7 Å². The van der Waals surface area contributed by atoms with E-state index in [1.807, 2.05) is 4.90 Å². The lowest BCUT2D eigenvalue weighted by molar-refractivity contribution is -0.132. The van der Waals surface area contributed by atoms with E-state index in [1.54, 1.807) is 24.3 Å². The number of thioether (sulfide) groups is 1. The molecule has 0 radical (unpaired) electrons. The Kier molecular flexibility index (Phi) is 6.95. The van der Waals surface area contributed by atoms with Gasteiger partial charge in [0.2, 0.25) is 11.8 Å². The number of anilines is 1. The van der Waals surface area contributed by atoms with Gasteiger partial charge in [0, 0.05) is 32.1 Å². The molecule has 2 saturated heterocycles. The van der Waals surface area contributed by atoms with E-state index in [0.717, 1.165) is 17.4 Å². The molecular formula is C19H25N3O3S2. The van der Waals surface area contributed by atoms with Gasteiger partial charge in [-0.3, -0.25) is 9.59 Å². The van der Waals surface area contributed by atoms with Gasteiger partial charge in [-0.05, 0) is 37.8 Å². The van der Waals surface area contributed by atoms with Crippen LogP contribution in [0.5, 0.6) is 5.75 Å². The van der Waals surface area contributed by atoms with Gasteiger partial charge < -0.3 is 20.2 Å². The minimum absolute atomic E-state index is 0.0597. The second-order valence-corrected chi connectivity index (χ2v) is 8.52. The molecule has 1 aromatic rings. The van der Waals surface area contributed by atoms with Crippen LogP contribution in [0.3, 0.4) is 0 Å². The number of nitrogens with zero attached hydrogens (tertiary/aromatic N) is 2. The molecule has 0 bridgehead atoms. The molecule has 0 unspecified atom stereocenters. The lowest BCUT2D eigenvalue weighted by Crippen LogP contribution is -2.42. The number of phenolic OH excluding ortho intramolecular Hbond substituents is 1. The largest absolute Gasteiger partial charge is 0.506 e. The van der Waals surface area contributed by atoms with Crippen molar-refractivity contribution in [2.75, 3.05) is 37.2 Å². The molecule has 0 aliphatic carbocycles. The molecule has 0 atom stereocenters. The lowest BCUT2D eigenvalue weighted by atomic mass is 9.96. The minimum Gasteiger partial charge on any atom is -0.506 e. The molecule has 2 N–H and O–H groups in total. The van der Waals surface area contributed by atoms with E-state index in [-0.39, 0.29) is 23.5 Å².